The zero-order valence-electron chi connectivity index (χ0n) is 6.48. The summed E-state index contributed by atoms with van der Waals surface area (Å²) in [6.07, 6.45) is 1.51. The Morgan fingerprint density at radius 3 is 3.00 bits per heavy atom. The zero-order valence-corrected chi connectivity index (χ0v) is 7.38. The molecular formula is C8H6N2O2S. The van der Waals surface area contributed by atoms with E-state index in [0.717, 1.165) is 0 Å². The molecule has 0 radical (unpaired) electrons. The van der Waals surface area contributed by atoms with Crippen molar-refractivity contribution in [2.75, 3.05) is 0 Å². The van der Waals surface area contributed by atoms with Crippen LogP contribution in [-0.2, 0) is 0 Å². The Hall–Kier alpha value is -1.49. The van der Waals surface area contributed by atoms with Crippen LogP contribution in [0.4, 0.5) is 0 Å². The smallest absolute Gasteiger partial charge is 0.335 e. The zero-order chi connectivity index (χ0) is 9.42. The number of aromatic carboxylic acids is 1. The number of rotatable bonds is 1. The molecule has 66 valence electrons. The number of fused-ring (bicyclic) bond motifs is 1. The molecule has 2 rings (SSSR count). The monoisotopic (exact) mass is 194 g/mol. The van der Waals surface area contributed by atoms with Gasteiger partial charge in [-0.15, -0.1) is 12.6 Å². The first-order valence-corrected chi connectivity index (χ1v) is 4.02. The second-order valence-electron chi connectivity index (χ2n) is 2.60. The van der Waals surface area contributed by atoms with Crippen molar-refractivity contribution >= 4 is 29.6 Å². The minimum absolute atomic E-state index is 0.210. The molecule has 0 bridgehead atoms. The Morgan fingerprint density at radius 1 is 1.54 bits per heavy atom. The normalized spacial score (nSPS) is 10.5. The molecule has 0 amide bonds. The van der Waals surface area contributed by atoms with Crippen molar-refractivity contribution in [2.45, 2.75) is 4.90 Å². The van der Waals surface area contributed by atoms with Crippen LogP contribution in [-0.4, -0.2) is 21.0 Å². The van der Waals surface area contributed by atoms with Gasteiger partial charge < -0.3 is 10.1 Å². The number of hydrogen-bond acceptors (Lipinski definition) is 3. The molecule has 0 saturated carbocycles. The Balaban J connectivity index is 2.77. The lowest BCUT2D eigenvalue weighted by Crippen LogP contribution is -1.95. The number of benzene rings is 1. The first kappa shape index (κ1) is 8.12. The van der Waals surface area contributed by atoms with E-state index in [4.69, 9.17) is 5.11 Å². The van der Waals surface area contributed by atoms with E-state index in [0.29, 0.717) is 15.9 Å². The fraction of sp³-hybridized carbons (Fsp3) is 0. The van der Waals surface area contributed by atoms with E-state index in [2.05, 4.69) is 22.6 Å². The van der Waals surface area contributed by atoms with Gasteiger partial charge in [0.15, 0.2) is 0 Å². The summed E-state index contributed by atoms with van der Waals surface area (Å²) in [4.78, 5) is 18.0. The molecule has 1 aromatic heterocycles. The van der Waals surface area contributed by atoms with Crippen molar-refractivity contribution < 1.29 is 9.90 Å². The maximum atomic E-state index is 10.7. The lowest BCUT2D eigenvalue weighted by atomic mass is 10.2. The lowest BCUT2D eigenvalue weighted by molar-refractivity contribution is 0.0697. The van der Waals surface area contributed by atoms with Gasteiger partial charge >= 0.3 is 5.97 Å². The van der Waals surface area contributed by atoms with Gasteiger partial charge in [0.1, 0.15) is 5.52 Å². The second-order valence-corrected chi connectivity index (χ2v) is 3.08. The average molecular weight is 194 g/mol. The summed E-state index contributed by atoms with van der Waals surface area (Å²) in [5.74, 6) is -0.966. The van der Waals surface area contributed by atoms with E-state index in [1.807, 2.05) is 0 Å². The number of aromatic nitrogens is 2. The highest BCUT2D eigenvalue weighted by molar-refractivity contribution is 7.80. The van der Waals surface area contributed by atoms with Gasteiger partial charge in [-0.3, -0.25) is 0 Å². The van der Waals surface area contributed by atoms with Crippen molar-refractivity contribution in [3.8, 4) is 0 Å². The average Bonchev–Trinajstić information content (AvgIpc) is 2.51. The summed E-state index contributed by atoms with van der Waals surface area (Å²) in [5.41, 5.74) is 1.58. The van der Waals surface area contributed by atoms with Crippen molar-refractivity contribution in [3.63, 3.8) is 0 Å². The molecule has 5 heteroatoms. The first-order chi connectivity index (χ1) is 6.18. The van der Waals surface area contributed by atoms with E-state index >= 15 is 0 Å². The van der Waals surface area contributed by atoms with Crippen molar-refractivity contribution in [3.05, 3.63) is 24.0 Å². The molecule has 0 spiro atoms. The van der Waals surface area contributed by atoms with Crippen LogP contribution >= 0.6 is 12.6 Å². The highest BCUT2D eigenvalue weighted by Gasteiger charge is 2.08. The van der Waals surface area contributed by atoms with Crippen LogP contribution < -0.4 is 0 Å². The largest absolute Gasteiger partial charge is 0.478 e. The molecule has 0 fully saturated rings. The fourth-order valence-corrected chi connectivity index (χ4v) is 1.47. The van der Waals surface area contributed by atoms with Crippen LogP contribution in [0.1, 0.15) is 10.4 Å². The second kappa shape index (κ2) is 2.77. The molecule has 0 atom stereocenters. The lowest BCUT2D eigenvalue weighted by Gasteiger charge is -1.97. The van der Waals surface area contributed by atoms with E-state index in [-0.39, 0.29) is 5.56 Å². The van der Waals surface area contributed by atoms with Crippen LogP contribution in [0.25, 0.3) is 11.0 Å². The van der Waals surface area contributed by atoms with Gasteiger partial charge in [-0.2, -0.15) is 0 Å². The topological polar surface area (TPSA) is 66.0 Å². The molecule has 4 nitrogen and oxygen atoms in total. The third kappa shape index (κ3) is 1.27. The molecule has 0 aliphatic carbocycles. The van der Waals surface area contributed by atoms with Crippen LogP contribution in [0, 0.1) is 0 Å². The first-order valence-electron chi connectivity index (χ1n) is 3.58. The van der Waals surface area contributed by atoms with Gasteiger partial charge in [-0.05, 0) is 12.1 Å². The molecule has 0 saturated heterocycles. The molecular weight excluding hydrogens is 188 g/mol. The number of imidazole rings is 1. The maximum Gasteiger partial charge on any atom is 0.335 e. The molecule has 2 aromatic rings. The quantitative estimate of drug-likeness (QED) is 0.603. The summed E-state index contributed by atoms with van der Waals surface area (Å²) in [7, 11) is 0. The summed E-state index contributed by atoms with van der Waals surface area (Å²) in [6.45, 7) is 0. The molecule has 1 aromatic carbocycles. The Morgan fingerprint density at radius 2 is 2.31 bits per heavy atom. The summed E-state index contributed by atoms with van der Waals surface area (Å²) in [5, 5.41) is 8.74. The standard InChI is InChI=1S/C8H6N2O2S/c11-8(12)4-1-5-7(6(13)2-4)10-3-9-5/h1-3,13H,(H,9,10)(H,11,12). The SMILES string of the molecule is O=C(O)c1cc(S)c2nc[nH]c2c1. The number of carboxylic acid groups (broad SMARTS) is 1. The van der Waals surface area contributed by atoms with Crippen LogP contribution in [0.2, 0.25) is 0 Å². The molecule has 2 N–H and O–H groups in total. The van der Waals surface area contributed by atoms with Gasteiger partial charge in [0, 0.05) is 4.90 Å². The Kier molecular flexibility index (Phi) is 1.73. The van der Waals surface area contributed by atoms with E-state index in [9.17, 15) is 4.79 Å². The van der Waals surface area contributed by atoms with Crippen molar-refractivity contribution in [1.29, 1.82) is 0 Å². The van der Waals surface area contributed by atoms with Crippen LogP contribution in [0.3, 0.4) is 0 Å². The summed E-state index contributed by atoms with van der Waals surface area (Å²) >= 11 is 4.13. The van der Waals surface area contributed by atoms with Gasteiger partial charge in [0.05, 0.1) is 17.4 Å². The van der Waals surface area contributed by atoms with Crippen LogP contribution in [0.5, 0.6) is 0 Å². The number of nitrogens with zero attached hydrogens (tertiary/aromatic N) is 1. The molecule has 13 heavy (non-hydrogen) atoms. The number of carboxylic acids is 1. The van der Waals surface area contributed by atoms with E-state index in [1.165, 1.54) is 18.5 Å². The van der Waals surface area contributed by atoms with Gasteiger partial charge in [-0.1, -0.05) is 0 Å². The number of aromatic amines is 1. The third-order valence-electron chi connectivity index (χ3n) is 1.75. The summed E-state index contributed by atoms with van der Waals surface area (Å²) < 4.78 is 0. The highest BCUT2D eigenvalue weighted by atomic mass is 32.1. The number of nitrogens with one attached hydrogen (secondary N) is 1. The number of H-pyrrole nitrogens is 1. The van der Waals surface area contributed by atoms with Crippen molar-refractivity contribution in [2.24, 2.45) is 0 Å². The van der Waals surface area contributed by atoms with E-state index in [1.54, 1.807) is 0 Å². The molecule has 0 aliphatic rings. The maximum absolute atomic E-state index is 10.7. The molecule has 0 unspecified atom stereocenters. The third-order valence-corrected chi connectivity index (χ3v) is 2.09. The number of carbonyl (C=O) groups is 1. The van der Waals surface area contributed by atoms with Gasteiger partial charge in [-0.25, -0.2) is 9.78 Å². The fourth-order valence-electron chi connectivity index (χ4n) is 1.15. The Bertz CT molecular complexity index is 478. The highest BCUT2D eigenvalue weighted by Crippen LogP contribution is 2.20. The van der Waals surface area contributed by atoms with E-state index < -0.39 is 5.97 Å². The van der Waals surface area contributed by atoms with Crippen LogP contribution in [0.15, 0.2) is 23.4 Å². The number of hydrogen-bond donors (Lipinski definition) is 3. The van der Waals surface area contributed by atoms with Gasteiger partial charge in [0.2, 0.25) is 0 Å². The van der Waals surface area contributed by atoms with Crippen molar-refractivity contribution in [1.82, 2.24) is 9.97 Å². The predicted octanol–water partition coefficient (Wildman–Crippen LogP) is 1.55. The predicted molar refractivity (Wildman–Crippen MR) is 50.3 cm³/mol. The number of thiol groups is 1. The Labute approximate surface area is 79.0 Å². The molecule has 0 aliphatic heterocycles. The minimum Gasteiger partial charge on any atom is -0.478 e. The summed E-state index contributed by atoms with van der Waals surface area (Å²) in [6, 6.07) is 3.01. The molecule has 1 heterocycles. The minimum atomic E-state index is -0.966. The van der Waals surface area contributed by atoms with Gasteiger partial charge in [0.25, 0.3) is 0 Å².